The van der Waals surface area contributed by atoms with E-state index in [9.17, 15) is 0 Å². The van der Waals surface area contributed by atoms with Gasteiger partial charge < -0.3 is 54.0 Å². The van der Waals surface area contributed by atoms with Gasteiger partial charge in [0.2, 0.25) is 0 Å². The molecular formula is C17H37N2Na3O9Si. The molecule has 0 unspecified atom stereocenters. The summed E-state index contributed by atoms with van der Waals surface area (Å²) >= 11 is 0. The fourth-order valence-corrected chi connectivity index (χ4v) is 4.27. The van der Waals surface area contributed by atoms with Gasteiger partial charge in [0.25, 0.3) is 0 Å². The summed E-state index contributed by atoms with van der Waals surface area (Å²) in [5, 5.41) is 29.9. The van der Waals surface area contributed by atoms with Crippen molar-refractivity contribution in [3.8, 4) is 0 Å². The maximum atomic E-state index is 8.89. The van der Waals surface area contributed by atoms with Crippen LogP contribution in [0.25, 0.3) is 0 Å². The molecule has 0 aliphatic heterocycles. The number of hydrogen-bond donors (Lipinski definition) is 2. The zero-order valence-corrected chi connectivity index (χ0v) is 28.4. The van der Waals surface area contributed by atoms with Gasteiger partial charge in [-0.2, -0.15) is 0 Å². The Morgan fingerprint density at radius 2 is 1.03 bits per heavy atom. The van der Waals surface area contributed by atoms with Crippen molar-refractivity contribution in [1.82, 2.24) is 5.32 Å². The normalized spacial score (nSPS) is 8.72. The van der Waals surface area contributed by atoms with Gasteiger partial charge in [0, 0.05) is 56.9 Å². The van der Waals surface area contributed by atoms with Crippen molar-refractivity contribution in [2.24, 2.45) is 5.73 Å². The predicted molar refractivity (Wildman–Crippen MR) is 104 cm³/mol. The van der Waals surface area contributed by atoms with Crippen molar-refractivity contribution in [2.45, 2.75) is 54.0 Å². The Morgan fingerprint density at radius 1 is 0.750 bits per heavy atom. The van der Waals surface area contributed by atoms with E-state index in [0.29, 0.717) is 26.4 Å². The summed E-state index contributed by atoms with van der Waals surface area (Å²) in [5.74, 6) is -3.25. The number of aliphatic carboxylic acids is 3. The Morgan fingerprint density at radius 3 is 1.25 bits per heavy atom. The number of nitrogens with one attached hydrogen (secondary N) is 1. The van der Waals surface area contributed by atoms with Gasteiger partial charge in [-0.15, -0.1) is 0 Å². The van der Waals surface area contributed by atoms with E-state index in [0.717, 1.165) is 46.3 Å². The van der Waals surface area contributed by atoms with Gasteiger partial charge in [-0.05, 0) is 54.5 Å². The molecule has 0 bridgehead atoms. The number of carboxylic acid groups (broad SMARTS) is 3. The summed E-state index contributed by atoms with van der Waals surface area (Å²) < 4.78 is 17.3. The molecule has 0 saturated carbocycles. The number of hydrogen-bond acceptors (Lipinski definition) is 11. The van der Waals surface area contributed by atoms with Crippen LogP contribution >= 0.6 is 0 Å². The first kappa shape index (κ1) is 50.3. The summed E-state index contributed by atoms with van der Waals surface area (Å²) in [6.07, 6.45) is 0.992. The standard InChI is InChI=1S/C11H28N2O3Si.3C2H4O2.3Na/c1-4-14-17(15-5-2,16-6-3)11-7-9-13-10-8-12;3*1-2(3)4;;;/h13H,4-12H2,1-3H3;3*1H3,(H,3,4);;;/q;;;;3*+1/p-3. The second-order valence-corrected chi connectivity index (χ2v) is 7.83. The summed E-state index contributed by atoms with van der Waals surface area (Å²) in [6, 6.07) is 0.861. The number of carbonyl (C=O) groups excluding carboxylic acids is 3. The van der Waals surface area contributed by atoms with Gasteiger partial charge in [-0.3, -0.25) is 0 Å². The first-order valence-electron chi connectivity index (χ1n) is 9.29. The van der Waals surface area contributed by atoms with Crippen LogP contribution < -0.4 is 115 Å². The minimum absolute atomic E-state index is 0. The van der Waals surface area contributed by atoms with E-state index in [1.165, 1.54) is 0 Å². The van der Waals surface area contributed by atoms with Crippen molar-refractivity contribution in [2.75, 3.05) is 39.5 Å². The van der Waals surface area contributed by atoms with E-state index in [1.807, 2.05) is 20.8 Å². The molecule has 3 N–H and O–H groups in total. The quantitative estimate of drug-likeness (QED) is 0.187. The van der Waals surface area contributed by atoms with Gasteiger partial charge in [0.05, 0.1) is 0 Å². The third-order valence-electron chi connectivity index (χ3n) is 2.25. The second kappa shape index (κ2) is 39.6. The van der Waals surface area contributed by atoms with Crippen LogP contribution in [-0.4, -0.2) is 66.2 Å². The SMILES string of the molecule is CC(=O)[O-].CC(=O)[O-].CC(=O)[O-].CCO[Si](CCCNCCN)(OCC)OCC.[Na+].[Na+].[Na+]. The van der Waals surface area contributed by atoms with E-state index >= 15 is 0 Å². The van der Waals surface area contributed by atoms with Crippen LogP contribution in [0.3, 0.4) is 0 Å². The van der Waals surface area contributed by atoms with Gasteiger partial charge in [0.1, 0.15) is 0 Å². The fraction of sp³-hybridized carbons (Fsp3) is 0.824. The molecule has 0 spiro atoms. The Balaban J connectivity index is -0.0000000694. The first-order valence-corrected chi connectivity index (χ1v) is 11.2. The van der Waals surface area contributed by atoms with E-state index < -0.39 is 26.7 Å². The van der Waals surface area contributed by atoms with Gasteiger partial charge in [-0.25, -0.2) is 0 Å². The smallest absolute Gasteiger partial charge is 0.550 e. The molecule has 0 saturated heterocycles. The third kappa shape index (κ3) is 63.4. The summed E-state index contributed by atoms with van der Waals surface area (Å²) in [7, 11) is -2.43. The number of carboxylic acids is 3. The summed E-state index contributed by atoms with van der Waals surface area (Å²) in [6.45, 7) is 13.2. The molecule has 0 radical (unpaired) electrons. The van der Waals surface area contributed by atoms with Crippen LogP contribution in [0.4, 0.5) is 0 Å². The maximum Gasteiger partial charge on any atom is 1.00 e. The number of nitrogens with two attached hydrogens (primary N) is 1. The molecule has 0 aliphatic carbocycles. The van der Waals surface area contributed by atoms with Crippen LogP contribution in [0.15, 0.2) is 0 Å². The van der Waals surface area contributed by atoms with Gasteiger partial charge >= 0.3 is 97.5 Å². The minimum atomic E-state index is -2.43. The minimum Gasteiger partial charge on any atom is -0.550 e. The molecule has 0 aromatic carbocycles. The van der Waals surface area contributed by atoms with Crippen LogP contribution in [0.2, 0.25) is 6.04 Å². The molecule has 15 heteroatoms. The average molecular weight is 511 g/mol. The molecule has 11 nitrogen and oxygen atoms in total. The first-order chi connectivity index (χ1) is 13.4. The van der Waals surface area contributed by atoms with E-state index in [4.69, 9.17) is 48.7 Å². The molecule has 0 fully saturated rings. The Labute approximate surface area is 260 Å². The third-order valence-corrected chi connectivity index (χ3v) is 5.40. The topological polar surface area (TPSA) is 186 Å². The van der Waals surface area contributed by atoms with Crippen molar-refractivity contribution >= 4 is 26.7 Å². The van der Waals surface area contributed by atoms with Crippen LogP contribution in [0.1, 0.15) is 48.0 Å². The van der Waals surface area contributed by atoms with E-state index in [1.54, 1.807) is 0 Å². The van der Waals surface area contributed by atoms with Crippen LogP contribution in [-0.2, 0) is 27.7 Å². The Bertz CT molecular complexity index is 356. The second-order valence-electron chi connectivity index (χ2n) is 5.10. The fourth-order valence-electron chi connectivity index (χ4n) is 1.66. The van der Waals surface area contributed by atoms with Crippen molar-refractivity contribution in [3.05, 3.63) is 0 Å². The van der Waals surface area contributed by atoms with Gasteiger partial charge in [0.15, 0.2) is 0 Å². The molecule has 0 amide bonds. The molecule has 0 heterocycles. The van der Waals surface area contributed by atoms with Crippen molar-refractivity contribution in [1.29, 1.82) is 0 Å². The van der Waals surface area contributed by atoms with Crippen molar-refractivity contribution in [3.63, 3.8) is 0 Å². The van der Waals surface area contributed by atoms with Crippen LogP contribution in [0, 0.1) is 0 Å². The average Bonchev–Trinajstić information content (AvgIpc) is 2.54. The molecule has 0 aromatic heterocycles. The zero-order valence-electron chi connectivity index (χ0n) is 21.4. The van der Waals surface area contributed by atoms with E-state index in [-0.39, 0.29) is 88.7 Å². The molecule has 176 valence electrons. The van der Waals surface area contributed by atoms with Gasteiger partial charge in [-0.1, -0.05) is 0 Å². The molecule has 0 atom stereocenters. The maximum absolute atomic E-state index is 8.89. The summed E-state index contributed by atoms with van der Waals surface area (Å²) in [5.41, 5.74) is 5.41. The number of rotatable bonds is 12. The molecule has 0 rings (SSSR count). The Kier molecular flexibility index (Phi) is 62.3. The molecular weight excluding hydrogens is 473 g/mol. The predicted octanol–water partition coefficient (Wildman–Crippen LogP) is -11.7. The van der Waals surface area contributed by atoms with Crippen LogP contribution in [0.5, 0.6) is 0 Å². The largest absolute Gasteiger partial charge is 1.00 e. The van der Waals surface area contributed by atoms with E-state index in [2.05, 4.69) is 5.32 Å². The molecule has 0 aliphatic rings. The monoisotopic (exact) mass is 510 g/mol. The van der Waals surface area contributed by atoms with Crippen molar-refractivity contribution < 1.29 is 132 Å². The molecule has 32 heavy (non-hydrogen) atoms. The Hall–Kier alpha value is 1.43. The number of carbonyl (C=O) groups is 3. The molecule has 0 aromatic rings. The zero-order chi connectivity index (χ0) is 23.7. The summed E-state index contributed by atoms with van der Waals surface area (Å²) in [4.78, 5) is 26.7.